The van der Waals surface area contributed by atoms with Crippen molar-refractivity contribution in [3.63, 3.8) is 0 Å². The van der Waals surface area contributed by atoms with Gasteiger partial charge in [-0.3, -0.25) is 9.89 Å². The first-order valence-corrected chi connectivity index (χ1v) is 7.16. The average Bonchev–Trinajstić information content (AvgIpc) is 3.01. The van der Waals surface area contributed by atoms with Crippen LogP contribution in [-0.2, 0) is 17.8 Å². The Morgan fingerprint density at radius 2 is 2.37 bits per heavy atom. The molecule has 19 heavy (non-hydrogen) atoms. The molecule has 1 N–H and O–H groups in total. The summed E-state index contributed by atoms with van der Waals surface area (Å²) in [6, 6.07) is 0. The van der Waals surface area contributed by atoms with E-state index in [1.165, 1.54) is 0 Å². The van der Waals surface area contributed by atoms with E-state index in [-0.39, 0.29) is 5.91 Å². The number of carbonyl (C=O) groups is 1. The molecule has 0 spiro atoms. The topological polar surface area (TPSA) is 61.9 Å². The van der Waals surface area contributed by atoms with Crippen LogP contribution in [0.2, 0.25) is 0 Å². The van der Waals surface area contributed by atoms with E-state index in [1.54, 1.807) is 22.4 Å². The summed E-state index contributed by atoms with van der Waals surface area (Å²) in [6.07, 6.45) is 5.96. The lowest BCUT2D eigenvalue weighted by atomic mass is 10.1. The fourth-order valence-electron chi connectivity index (χ4n) is 1.82. The van der Waals surface area contributed by atoms with Gasteiger partial charge in [-0.1, -0.05) is 0 Å². The molecule has 0 bridgehead atoms. The van der Waals surface area contributed by atoms with Gasteiger partial charge in [0.05, 0.1) is 12.7 Å². The number of hydrogen-bond acceptors (Lipinski definition) is 4. The zero-order valence-electron chi connectivity index (χ0n) is 11.2. The van der Waals surface area contributed by atoms with Gasteiger partial charge in [0, 0.05) is 30.7 Å². The second-order valence-electron chi connectivity index (χ2n) is 4.59. The van der Waals surface area contributed by atoms with Crippen molar-refractivity contribution in [3.05, 3.63) is 34.0 Å². The summed E-state index contributed by atoms with van der Waals surface area (Å²) in [5.74, 6) is 0.163. The normalized spacial score (nSPS) is 10.6. The first-order valence-electron chi connectivity index (χ1n) is 6.28. The summed E-state index contributed by atoms with van der Waals surface area (Å²) in [6.45, 7) is 2.57. The van der Waals surface area contributed by atoms with Gasteiger partial charge >= 0.3 is 0 Å². The quantitative estimate of drug-likeness (QED) is 0.880. The van der Waals surface area contributed by atoms with Crippen molar-refractivity contribution in [2.45, 2.75) is 32.7 Å². The molecule has 2 heterocycles. The predicted molar refractivity (Wildman–Crippen MR) is 74.9 cm³/mol. The monoisotopic (exact) mass is 278 g/mol. The molecule has 0 aliphatic rings. The number of carbonyl (C=O) groups excluding carboxylic acids is 1. The van der Waals surface area contributed by atoms with Crippen LogP contribution in [0.1, 0.15) is 29.1 Å². The number of hydrogen-bond donors (Lipinski definition) is 1. The zero-order chi connectivity index (χ0) is 13.7. The van der Waals surface area contributed by atoms with E-state index in [0.717, 1.165) is 29.1 Å². The van der Waals surface area contributed by atoms with Crippen molar-refractivity contribution in [2.24, 2.45) is 0 Å². The minimum atomic E-state index is 0.163. The molecule has 2 aromatic heterocycles. The van der Waals surface area contributed by atoms with Crippen LogP contribution in [0.25, 0.3) is 0 Å². The van der Waals surface area contributed by atoms with Gasteiger partial charge in [-0.15, -0.1) is 11.3 Å². The summed E-state index contributed by atoms with van der Waals surface area (Å²) >= 11 is 1.60. The van der Waals surface area contributed by atoms with Crippen molar-refractivity contribution >= 4 is 17.2 Å². The summed E-state index contributed by atoms with van der Waals surface area (Å²) in [7, 11) is 1.83. The number of H-pyrrole nitrogens is 1. The third-order valence-electron chi connectivity index (χ3n) is 2.88. The Morgan fingerprint density at radius 1 is 1.53 bits per heavy atom. The van der Waals surface area contributed by atoms with Gasteiger partial charge in [-0.2, -0.15) is 5.10 Å². The Hall–Kier alpha value is -1.69. The summed E-state index contributed by atoms with van der Waals surface area (Å²) in [4.78, 5) is 18.1. The fraction of sp³-hybridized carbons (Fsp3) is 0.462. The van der Waals surface area contributed by atoms with Gasteiger partial charge in [0.15, 0.2) is 0 Å². The van der Waals surface area contributed by atoms with Crippen LogP contribution < -0.4 is 0 Å². The number of thiazole rings is 1. The molecule has 2 aromatic rings. The number of nitrogens with zero attached hydrogens (tertiary/aromatic N) is 3. The van der Waals surface area contributed by atoms with E-state index >= 15 is 0 Å². The summed E-state index contributed by atoms with van der Waals surface area (Å²) < 4.78 is 0. The first-order chi connectivity index (χ1) is 9.15. The van der Waals surface area contributed by atoms with Crippen LogP contribution >= 0.6 is 11.3 Å². The van der Waals surface area contributed by atoms with Crippen LogP contribution in [-0.4, -0.2) is 33.0 Å². The molecule has 1 amide bonds. The zero-order valence-corrected chi connectivity index (χ0v) is 12.0. The van der Waals surface area contributed by atoms with E-state index in [1.807, 2.05) is 25.5 Å². The second kappa shape index (κ2) is 6.47. The molecule has 2 rings (SSSR count). The number of amides is 1. The Kier molecular flexibility index (Phi) is 4.68. The lowest BCUT2D eigenvalue weighted by Gasteiger charge is -2.15. The van der Waals surface area contributed by atoms with Crippen LogP contribution in [0.4, 0.5) is 0 Å². The van der Waals surface area contributed by atoms with E-state index < -0.39 is 0 Å². The molecule has 0 saturated heterocycles. The molecule has 0 atom stereocenters. The lowest BCUT2D eigenvalue weighted by molar-refractivity contribution is -0.130. The Bertz CT molecular complexity index is 520. The molecular formula is C13H18N4OS. The molecule has 102 valence electrons. The van der Waals surface area contributed by atoms with Crippen molar-refractivity contribution in [1.82, 2.24) is 20.1 Å². The molecule has 0 aliphatic carbocycles. The van der Waals surface area contributed by atoms with E-state index in [9.17, 15) is 4.79 Å². The summed E-state index contributed by atoms with van der Waals surface area (Å²) in [5.41, 5.74) is 2.16. The van der Waals surface area contributed by atoms with Gasteiger partial charge in [0.1, 0.15) is 5.01 Å². The minimum absolute atomic E-state index is 0.163. The Labute approximate surface area is 116 Å². The summed E-state index contributed by atoms with van der Waals surface area (Å²) in [5, 5.41) is 9.65. The molecule has 0 saturated carbocycles. The maximum atomic E-state index is 12.0. The van der Waals surface area contributed by atoms with Crippen molar-refractivity contribution < 1.29 is 4.79 Å². The highest BCUT2D eigenvalue weighted by atomic mass is 32.1. The Morgan fingerprint density at radius 3 is 3.00 bits per heavy atom. The van der Waals surface area contributed by atoms with E-state index in [4.69, 9.17) is 0 Å². The van der Waals surface area contributed by atoms with Gasteiger partial charge < -0.3 is 4.90 Å². The van der Waals surface area contributed by atoms with Gasteiger partial charge in [0.2, 0.25) is 5.91 Å². The van der Waals surface area contributed by atoms with E-state index in [0.29, 0.717) is 13.0 Å². The number of rotatable bonds is 6. The largest absolute Gasteiger partial charge is 0.339 e. The van der Waals surface area contributed by atoms with Gasteiger partial charge in [-0.05, 0) is 25.3 Å². The average molecular weight is 278 g/mol. The van der Waals surface area contributed by atoms with Crippen molar-refractivity contribution in [1.29, 1.82) is 0 Å². The first kappa shape index (κ1) is 13.7. The highest BCUT2D eigenvalue weighted by Crippen LogP contribution is 2.12. The molecule has 5 nitrogen and oxygen atoms in total. The van der Waals surface area contributed by atoms with Crippen LogP contribution in [0.15, 0.2) is 17.8 Å². The second-order valence-corrected chi connectivity index (χ2v) is 5.54. The smallest absolute Gasteiger partial charge is 0.222 e. The van der Waals surface area contributed by atoms with Gasteiger partial charge in [0.25, 0.3) is 0 Å². The van der Waals surface area contributed by atoms with Crippen molar-refractivity contribution in [3.8, 4) is 0 Å². The molecule has 0 unspecified atom stereocenters. The fourth-order valence-corrected chi connectivity index (χ4v) is 2.64. The van der Waals surface area contributed by atoms with E-state index in [2.05, 4.69) is 15.2 Å². The molecule has 6 heteroatoms. The highest BCUT2D eigenvalue weighted by molar-refractivity contribution is 7.09. The number of aromatic nitrogens is 3. The lowest BCUT2D eigenvalue weighted by Crippen LogP contribution is -2.25. The number of aryl methyl sites for hydroxylation is 2. The van der Waals surface area contributed by atoms with Crippen molar-refractivity contribution in [2.75, 3.05) is 7.05 Å². The Balaban J connectivity index is 1.73. The maximum Gasteiger partial charge on any atom is 0.222 e. The van der Waals surface area contributed by atoms with Gasteiger partial charge in [-0.25, -0.2) is 4.98 Å². The third kappa shape index (κ3) is 4.17. The molecule has 0 radical (unpaired) electrons. The van der Waals surface area contributed by atoms with Crippen LogP contribution in [0, 0.1) is 6.92 Å². The third-order valence-corrected chi connectivity index (χ3v) is 3.83. The standard InChI is InChI=1S/C13H18N4OS/c1-10-9-19-12(16-10)8-17(2)13(18)5-3-4-11-6-14-15-7-11/h6-7,9H,3-5,8H2,1-2H3,(H,14,15). The minimum Gasteiger partial charge on any atom is -0.339 e. The maximum absolute atomic E-state index is 12.0. The molecular weight excluding hydrogens is 260 g/mol. The van der Waals surface area contributed by atoms with Crippen LogP contribution in [0.5, 0.6) is 0 Å². The van der Waals surface area contributed by atoms with Crippen LogP contribution in [0.3, 0.4) is 0 Å². The number of nitrogens with one attached hydrogen (secondary N) is 1. The number of aromatic amines is 1. The predicted octanol–water partition coefficient (Wildman–Crippen LogP) is 2.16. The molecule has 0 fully saturated rings. The molecule has 0 aliphatic heterocycles. The molecule has 0 aromatic carbocycles. The SMILES string of the molecule is Cc1csc(CN(C)C(=O)CCCc2cn[nH]c2)n1. The highest BCUT2D eigenvalue weighted by Gasteiger charge is 2.11.